The molecule has 112 valence electrons. The fraction of sp³-hybridized carbons (Fsp3) is 0.0714. The molecular weight excluding hydrogens is 342 g/mol. The molecule has 0 saturated heterocycles. The number of aromatic amines is 1. The Morgan fingerprint density at radius 2 is 2.14 bits per heavy atom. The first kappa shape index (κ1) is 14.9. The quantitative estimate of drug-likeness (QED) is 0.751. The van der Waals surface area contributed by atoms with Crippen LogP contribution < -0.4 is 4.72 Å². The Bertz CT molecular complexity index is 1010. The third-order valence-electron chi connectivity index (χ3n) is 3.10. The molecule has 0 saturated carbocycles. The molecule has 0 amide bonds. The molecule has 2 N–H and O–H groups in total. The first-order valence-corrected chi connectivity index (χ1v) is 8.88. The predicted octanol–water partition coefficient (Wildman–Crippen LogP) is 3.86. The number of hydrogen-bond donors (Lipinski definition) is 2. The number of thiophene rings is 1. The smallest absolute Gasteiger partial charge is 0.264 e. The molecule has 0 aliphatic carbocycles. The highest BCUT2D eigenvalue weighted by Crippen LogP contribution is 2.30. The van der Waals surface area contributed by atoms with Gasteiger partial charge in [-0.05, 0) is 31.2 Å². The SMILES string of the molecule is Cc1cc(NS(=O)(=O)c2c[nH]c3cc(Cl)ccc23)c(C#N)s1. The summed E-state index contributed by atoms with van der Waals surface area (Å²) in [6, 6.07) is 8.58. The number of fused-ring (bicyclic) bond motifs is 1. The molecular formula is C14H10ClN3O2S2. The van der Waals surface area contributed by atoms with E-state index >= 15 is 0 Å². The average Bonchev–Trinajstić information content (AvgIpc) is 3.01. The Kier molecular flexibility index (Phi) is 3.60. The van der Waals surface area contributed by atoms with Crippen molar-refractivity contribution in [1.29, 1.82) is 5.26 Å². The number of H-pyrrole nitrogens is 1. The minimum atomic E-state index is -3.80. The summed E-state index contributed by atoms with van der Waals surface area (Å²) in [4.78, 5) is 4.20. The molecule has 0 radical (unpaired) electrons. The standard InChI is InChI=1S/C14H10ClN3O2S2/c1-8-4-12(13(6-16)21-8)18-22(19,20)14-7-17-11-5-9(15)2-3-10(11)14/h2-5,7,17-18H,1H3. The number of nitriles is 1. The van der Waals surface area contributed by atoms with Crippen molar-refractivity contribution in [3.63, 3.8) is 0 Å². The number of nitrogens with zero attached hydrogens (tertiary/aromatic N) is 1. The maximum atomic E-state index is 12.6. The molecule has 2 heterocycles. The number of aromatic nitrogens is 1. The van der Waals surface area contributed by atoms with Crippen LogP contribution in [0.3, 0.4) is 0 Å². The van der Waals surface area contributed by atoms with Gasteiger partial charge >= 0.3 is 0 Å². The van der Waals surface area contributed by atoms with Gasteiger partial charge in [0.25, 0.3) is 10.0 Å². The lowest BCUT2D eigenvalue weighted by molar-refractivity contribution is 0.602. The van der Waals surface area contributed by atoms with Crippen LogP contribution in [-0.4, -0.2) is 13.4 Å². The number of benzene rings is 1. The molecule has 0 fully saturated rings. The summed E-state index contributed by atoms with van der Waals surface area (Å²) < 4.78 is 27.6. The maximum absolute atomic E-state index is 12.6. The van der Waals surface area contributed by atoms with Gasteiger partial charge in [-0.1, -0.05) is 11.6 Å². The third kappa shape index (κ3) is 2.57. The van der Waals surface area contributed by atoms with Crippen molar-refractivity contribution in [1.82, 2.24) is 4.98 Å². The Hall–Kier alpha value is -2.01. The zero-order valence-corrected chi connectivity index (χ0v) is 13.7. The van der Waals surface area contributed by atoms with Gasteiger partial charge < -0.3 is 4.98 Å². The second-order valence-corrected chi connectivity index (χ2v) is 8.00. The summed E-state index contributed by atoms with van der Waals surface area (Å²) in [6.45, 7) is 1.82. The van der Waals surface area contributed by atoms with E-state index in [4.69, 9.17) is 16.9 Å². The second-order valence-electron chi connectivity index (χ2n) is 4.66. The molecule has 3 aromatic rings. The number of sulfonamides is 1. The van der Waals surface area contributed by atoms with Crippen LogP contribution in [0.4, 0.5) is 5.69 Å². The molecule has 0 aliphatic heterocycles. The molecule has 22 heavy (non-hydrogen) atoms. The van der Waals surface area contributed by atoms with Crippen molar-refractivity contribution in [3.8, 4) is 6.07 Å². The zero-order chi connectivity index (χ0) is 15.9. The van der Waals surface area contributed by atoms with Gasteiger partial charge in [0.1, 0.15) is 15.8 Å². The fourth-order valence-electron chi connectivity index (χ4n) is 2.17. The first-order valence-electron chi connectivity index (χ1n) is 6.21. The predicted molar refractivity (Wildman–Crippen MR) is 87.9 cm³/mol. The number of aryl methyl sites for hydroxylation is 1. The van der Waals surface area contributed by atoms with Crippen LogP contribution in [0, 0.1) is 18.3 Å². The molecule has 0 aliphatic rings. The summed E-state index contributed by atoms with van der Waals surface area (Å²) in [5.41, 5.74) is 0.934. The van der Waals surface area contributed by atoms with Crippen LogP contribution in [0.5, 0.6) is 0 Å². The van der Waals surface area contributed by atoms with E-state index in [1.54, 1.807) is 24.3 Å². The van der Waals surface area contributed by atoms with Gasteiger partial charge in [0.05, 0.1) is 5.69 Å². The molecule has 0 unspecified atom stereocenters. The van der Waals surface area contributed by atoms with Crippen molar-refractivity contribution in [2.75, 3.05) is 4.72 Å². The topological polar surface area (TPSA) is 85.8 Å². The van der Waals surface area contributed by atoms with E-state index in [2.05, 4.69) is 9.71 Å². The van der Waals surface area contributed by atoms with E-state index < -0.39 is 10.0 Å². The lowest BCUT2D eigenvalue weighted by Crippen LogP contribution is -2.12. The number of halogens is 1. The molecule has 0 spiro atoms. The van der Waals surface area contributed by atoms with Gasteiger partial charge in [0.15, 0.2) is 0 Å². The van der Waals surface area contributed by atoms with Crippen molar-refractivity contribution in [3.05, 3.63) is 45.2 Å². The highest BCUT2D eigenvalue weighted by atomic mass is 35.5. The average molecular weight is 352 g/mol. The summed E-state index contributed by atoms with van der Waals surface area (Å²) in [5, 5.41) is 10.1. The van der Waals surface area contributed by atoms with Crippen LogP contribution in [0.15, 0.2) is 35.4 Å². The van der Waals surface area contributed by atoms with E-state index in [0.29, 0.717) is 26.5 Å². The number of rotatable bonds is 3. The Morgan fingerprint density at radius 1 is 1.36 bits per heavy atom. The lowest BCUT2D eigenvalue weighted by Gasteiger charge is -2.05. The van der Waals surface area contributed by atoms with Crippen LogP contribution >= 0.6 is 22.9 Å². The molecule has 2 aromatic heterocycles. The fourth-order valence-corrected chi connectivity index (χ4v) is 4.41. The molecule has 1 aromatic carbocycles. The van der Waals surface area contributed by atoms with Crippen LogP contribution in [0.2, 0.25) is 5.02 Å². The summed E-state index contributed by atoms with van der Waals surface area (Å²) in [7, 11) is -3.80. The number of nitrogens with one attached hydrogen (secondary N) is 2. The van der Waals surface area contributed by atoms with Gasteiger partial charge in [0, 0.05) is 27.0 Å². The van der Waals surface area contributed by atoms with Gasteiger partial charge in [-0.25, -0.2) is 8.42 Å². The van der Waals surface area contributed by atoms with Crippen LogP contribution in [0.25, 0.3) is 10.9 Å². The van der Waals surface area contributed by atoms with Gasteiger partial charge in [-0.3, -0.25) is 4.72 Å². The molecule has 0 bridgehead atoms. The Morgan fingerprint density at radius 3 is 2.86 bits per heavy atom. The Balaban J connectivity index is 2.07. The minimum Gasteiger partial charge on any atom is -0.360 e. The van der Waals surface area contributed by atoms with Crippen molar-refractivity contribution < 1.29 is 8.42 Å². The second kappa shape index (κ2) is 5.32. The third-order valence-corrected chi connectivity index (χ3v) is 5.69. The number of hydrogen-bond acceptors (Lipinski definition) is 4. The highest BCUT2D eigenvalue weighted by Gasteiger charge is 2.21. The van der Waals surface area contributed by atoms with Crippen molar-refractivity contribution >= 4 is 49.6 Å². The van der Waals surface area contributed by atoms with Crippen molar-refractivity contribution in [2.24, 2.45) is 0 Å². The molecule has 0 atom stereocenters. The van der Waals surface area contributed by atoms with Crippen molar-refractivity contribution in [2.45, 2.75) is 11.8 Å². The van der Waals surface area contributed by atoms with E-state index in [-0.39, 0.29) is 4.90 Å². The normalized spacial score (nSPS) is 11.5. The summed E-state index contributed by atoms with van der Waals surface area (Å²) in [6.07, 6.45) is 1.41. The zero-order valence-electron chi connectivity index (χ0n) is 11.3. The summed E-state index contributed by atoms with van der Waals surface area (Å²) in [5.74, 6) is 0. The highest BCUT2D eigenvalue weighted by molar-refractivity contribution is 7.93. The Labute approximate surface area is 136 Å². The summed E-state index contributed by atoms with van der Waals surface area (Å²) >= 11 is 7.14. The van der Waals surface area contributed by atoms with E-state index in [1.807, 2.05) is 13.0 Å². The maximum Gasteiger partial charge on any atom is 0.264 e. The molecule has 8 heteroatoms. The molecule has 3 rings (SSSR count). The van der Waals surface area contributed by atoms with Gasteiger partial charge in [-0.2, -0.15) is 5.26 Å². The largest absolute Gasteiger partial charge is 0.360 e. The monoisotopic (exact) mass is 351 g/mol. The van der Waals surface area contributed by atoms with Crippen LogP contribution in [0.1, 0.15) is 9.75 Å². The number of anilines is 1. The van der Waals surface area contributed by atoms with E-state index in [9.17, 15) is 8.42 Å². The van der Waals surface area contributed by atoms with Gasteiger partial charge in [-0.15, -0.1) is 11.3 Å². The first-order chi connectivity index (χ1) is 10.4. The van der Waals surface area contributed by atoms with Crippen LogP contribution in [-0.2, 0) is 10.0 Å². The van der Waals surface area contributed by atoms with E-state index in [0.717, 1.165) is 4.88 Å². The molecule has 5 nitrogen and oxygen atoms in total. The van der Waals surface area contributed by atoms with Gasteiger partial charge in [0.2, 0.25) is 0 Å². The van der Waals surface area contributed by atoms with E-state index in [1.165, 1.54) is 17.5 Å². The minimum absolute atomic E-state index is 0.118. The lowest BCUT2D eigenvalue weighted by atomic mass is 10.2.